The fraction of sp³-hybridized carbons (Fsp3) is 0.333. The Labute approximate surface area is 141 Å². The predicted octanol–water partition coefficient (Wildman–Crippen LogP) is 0.835. The Morgan fingerprint density at radius 1 is 1.30 bits per heavy atom. The van der Waals surface area contributed by atoms with E-state index < -0.39 is 15.9 Å². The van der Waals surface area contributed by atoms with Crippen LogP contribution in [-0.4, -0.2) is 55.0 Å². The summed E-state index contributed by atoms with van der Waals surface area (Å²) in [6.45, 7) is 1.72. The van der Waals surface area contributed by atoms with Gasteiger partial charge in [0.05, 0.1) is 6.20 Å². The number of amides is 1. The molecule has 0 bridgehead atoms. The Morgan fingerprint density at radius 3 is 2.65 bits per heavy atom. The van der Waals surface area contributed by atoms with Crippen molar-refractivity contribution < 1.29 is 18.4 Å². The van der Waals surface area contributed by atoms with Crippen LogP contribution in [0, 0.1) is 0 Å². The lowest BCUT2D eigenvalue weighted by Crippen LogP contribution is -2.48. The van der Waals surface area contributed by atoms with E-state index in [0.717, 1.165) is 11.3 Å². The lowest BCUT2D eigenvalue weighted by molar-refractivity contribution is 0.0710. The maximum atomic E-state index is 12.4. The van der Waals surface area contributed by atoms with Gasteiger partial charge in [-0.2, -0.15) is 4.31 Å². The number of hydroxylamine groups is 1. The molecular weight excluding hydrogens is 360 g/mol. The largest absolute Gasteiger partial charge is 0.345 e. The third-order valence-corrected chi connectivity index (χ3v) is 7.75. The van der Waals surface area contributed by atoms with Crippen LogP contribution in [0.15, 0.2) is 27.9 Å². The maximum Gasteiger partial charge on any atom is 0.286 e. The van der Waals surface area contributed by atoms with Crippen molar-refractivity contribution in [1.29, 1.82) is 0 Å². The highest BCUT2D eigenvalue weighted by Gasteiger charge is 2.30. The number of thiophene rings is 1. The van der Waals surface area contributed by atoms with Crippen molar-refractivity contribution in [2.75, 3.05) is 31.1 Å². The Bertz CT molecular complexity index is 779. The molecule has 124 valence electrons. The van der Waals surface area contributed by atoms with Crippen LogP contribution in [0.5, 0.6) is 0 Å². The van der Waals surface area contributed by atoms with Crippen LogP contribution >= 0.6 is 22.7 Å². The van der Waals surface area contributed by atoms with Crippen molar-refractivity contribution in [3.8, 4) is 0 Å². The normalized spacial score (nSPS) is 16.5. The first-order valence-corrected chi connectivity index (χ1v) is 9.85. The average molecular weight is 374 g/mol. The molecule has 0 aliphatic carbocycles. The molecular formula is C12H14N4O4S3. The molecule has 0 atom stereocenters. The first-order chi connectivity index (χ1) is 11.0. The molecule has 11 heteroatoms. The van der Waals surface area contributed by atoms with Crippen molar-refractivity contribution in [2.45, 2.75) is 4.21 Å². The lowest BCUT2D eigenvalue weighted by Gasteiger charge is -2.33. The second-order valence-electron chi connectivity index (χ2n) is 4.77. The van der Waals surface area contributed by atoms with Gasteiger partial charge in [-0.05, 0) is 11.4 Å². The second kappa shape index (κ2) is 6.53. The van der Waals surface area contributed by atoms with Gasteiger partial charge in [0.25, 0.3) is 15.9 Å². The number of carbonyl (C=O) groups is 1. The number of nitrogens with one attached hydrogen (secondary N) is 1. The summed E-state index contributed by atoms with van der Waals surface area (Å²) in [5.74, 6) is -0.604. The highest BCUT2D eigenvalue weighted by molar-refractivity contribution is 7.91. The molecule has 0 radical (unpaired) electrons. The van der Waals surface area contributed by atoms with Gasteiger partial charge in [-0.3, -0.25) is 10.0 Å². The van der Waals surface area contributed by atoms with Crippen LogP contribution in [0.3, 0.4) is 0 Å². The SMILES string of the molecule is O=C(NO)c1cnc(N2CCN(S(=O)(=O)c3cccs3)CC2)s1. The molecule has 1 fully saturated rings. The molecule has 2 aromatic heterocycles. The molecule has 1 aliphatic heterocycles. The minimum Gasteiger partial charge on any atom is -0.345 e. The molecule has 2 aromatic rings. The van der Waals surface area contributed by atoms with Gasteiger partial charge in [0.15, 0.2) is 5.13 Å². The minimum absolute atomic E-state index is 0.302. The predicted molar refractivity (Wildman–Crippen MR) is 86.7 cm³/mol. The first-order valence-electron chi connectivity index (χ1n) is 6.71. The van der Waals surface area contributed by atoms with E-state index in [4.69, 9.17) is 5.21 Å². The molecule has 3 heterocycles. The standard InChI is InChI=1S/C12H14N4O4S3/c17-11(14-18)9-8-13-12(22-9)15-3-5-16(6-4-15)23(19,20)10-2-1-7-21-10/h1-2,7-8,18H,3-6H2,(H,14,17). The van der Waals surface area contributed by atoms with E-state index in [-0.39, 0.29) is 0 Å². The van der Waals surface area contributed by atoms with Gasteiger partial charge in [0, 0.05) is 26.2 Å². The van der Waals surface area contributed by atoms with E-state index in [0.29, 0.717) is 40.4 Å². The number of nitrogens with zero attached hydrogens (tertiary/aromatic N) is 3. The Balaban J connectivity index is 1.67. The first kappa shape index (κ1) is 16.3. The summed E-state index contributed by atoms with van der Waals surface area (Å²) < 4.78 is 26.7. The number of hydrogen-bond acceptors (Lipinski definition) is 8. The minimum atomic E-state index is -3.43. The number of piperazine rings is 1. The van der Waals surface area contributed by atoms with Crippen LogP contribution in [-0.2, 0) is 10.0 Å². The van der Waals surface area contributed by atoms with Gasteiger partial charge in [-0.15, -0.1) is 11.3 Å². The summed E-state index contributed by atoms with van der Waals surface area (Å²) in [6.07, 6.45) is 1.39. The summed E-state index contributed by atoms with van der Waals surface area (Å²) >= 11 is 2.36. The molecule has 3 rings (SSSR count). The highest BCUT2D eigenvalue weighted by Crippen LogP contribution is 2.26. The van der Waals surface area contributed by atoms with Crippen molar-refractivity contribution in [3.63, 3.8) is 0 Å². The van der Waals surface area contributed by atoms with Gasteiger partial charge in [-0.1, -0.05) is 17.4 Å². The third-order valence-electron chi connectivity index (χ3n) is 3.42. The maximum absolute atomic E-state index is 12.4. The van der Waals surface area contributed by atoms with Crippen LogP contribution < -0.4 is 10.4 Å². The molecule has 0 spiro atoms. The zero-order valence-corrected chi connectivity index (χ0v) is 14.3. The molecule has 23 heavy (non-hydrogen) atoms. The van der Waals surface area contributed by atoms with Crippen LogP contribution in [0.2, 0.25) is 0 Å². The molecule has 8 nitrogen and oxygen atoms in total. The van der Waals surface area contributed by atoms with E-state index in [1.54, 1.807) is 23.0 Å². The van der Waals surface area contributed by atoms with Gasteiger partial charge in [-0.25, -0.2) is 18.9 Å². The smallest absolute Gasteiger partial charge is 0.286 e. The fourth-order valence-corrected chi connectivity index (χ4v) is 5.65. The van der Waals surface area contributed by atoms with Crippen molar-refractivity contribution >= 4 is 43.7 Å². The Morgan fingerprint density at radius 2 is 2.04 bits per heavy atom. The molecule has 1 amide bonds. The van der Waals surface area contributed by atoms with Crippen LogP contribution in [0.1, 0.15) is 9.67 Å². The second-order valence-corrected chi connectivity index (χ2v) is 8.89. The summed E-state index contributed by atoms with van der Waals surface area (Å²) in [4.78, 5) is 17.7. The van der Waals surface area contributed by atoms with Gasteiger partial charge >= 0.3 is 0 Å². The highest BCUT2D eigenvalue weighted by atomic mass is 32.2. The molecule has 2 N–H and O–H groups in total. The number of hydrogen-bond donors (Lipinski definition) is 2. The fourth-order valence-electron chi connectivity index (χ4n) is 2.23. The molecule has 0 aromatic carbocycles. The van der Waals surface area contributed by atoms with Crippen LogP contribution in [0.4, 0.5) is 5.13 Å². The third kappa shape index (κ3) is 3.23. The van der Waals surface area contributed by atoms with Crippen molar-refractivity contribution in [2.24, 2.45) is 0 Å². The zero-order chi connectivity index (χ0) is 16.4. The van der Waals surface area contributed by atoms with E-state index >= 15 is 0 Å². The lowest BCUT2D eigenvalue weighted by atomic mass is 10.4. The molecule has 0 unspecified atom stereocenters. The van der Waals surface area contributed by atoms with E-state index in [1.807, 2.05) is 4.90 Å². The summed E-state index contributed by atoms with van der Waals surface area (Å²) in [6, 6.07) is 3.32. The van der Waals surface area contributed by atoms with Crippen molar-refractivity contribution in [1.82, 2.24) is 14.8 Å². The quantitative estimate of drug-likeness (QED) is 0.607. The number of anilines is 1. The zero-order valence-electron chi connectivity index (χ0n) is 11.9. The van der Waals surface area contributed by atoms with Crippen molar-refractivity contribution in [3.05, 3.63) is 28.6 Å². The Kier molecular flexibility index (Phi) is 4.64. The monoisotopic (exact) mass is 374 g/mol. The summed E-state index contributed by atoms with van der Waals surface area (Å²) in [5.41, 5.74) is 1.57. The van der Waals surface area contributed by atoms with Gasteiger partial charge < -0.3 is 4.90 Å². The summed E-state index contributed by atoms with van der Waals surface area (Å²) in [7, 11) is -3.43. The number of sulfonamides is 1. The van der Waals surface area contributed by atoms with Gasteiger partial charge in [0.1, 0.15) is 9.09 Å². The van der Waals surface area contributed by atoms with E-state index in [9.17, 15) is 13.2 Å². The number of rotatable bonds is 4. The molecule has 0 saturated carbocycles. The van der Waals surface area contributed by atoms with Crippen LogP contribution in [0.25, 0.3) is 0 Å². The van der Waals surface area contributed by atoms with E-state index in [2.05, 4.69) is 4.98 Å². The number of carbonyl (C=O) groups excluding carboxylic acids is 1. The Hall–Kier alpha value is -1.53. The topological polar surface area (TPSA) is 103 Å². The number of thiazole rings is 1. The van der Waals surface area contributed by atoms with Gasteiger partial charge in [0.2, 0.25) is 0 Å². The average Bonchev–Trinajstić information content (AvgIpc) is 3.26. The summed E-state index contributed by atoms with van der Waals surface area (Å²) in [5, 5.41) is 11.0. The number of aromatic nitrogens is 1. The molecule has 1 aliphatic rings. The van der Waals surface area contributed by atoms with E-state index in [1.165, 1.54) is 21.8 Å². The molecule has 1 saturated heterocycles.